The fraction of sp³-hybridized carbons (Fsp3) is 0.556. The van der Waals surface area contributed by atoms with E-state index in [-0.39, 0.29) is 35.7 Å². The molecule has 0 radical (unpaired) electrons. The lowest BCUT2D eigenvalue weighted by atomic mass is 9.90. The number of amides is 2. The van der Waals surface area contributed by atoms with Crippen molar-refractivity contribution in [3.8, 4) is 0 Å². The smallest absolute Gasteiger partial charge is 0.238 e. The van der Waals surface area contributed by atoms with Crippen LogP contribution in [0.25, 0.3) is 0 Å². The zero-order valence-electron chi connectivity index (χ0n) is 15.4. The van der Waals surface area contributed by atoms with Gasteiger partial charge in [0, 0.05) is 37.8 Å². The Bertz CT molecular complexity index is 832. The fourth-order valence-electron chi connectivity index (χ4n) is 3.85. The van der Waals surface area contributed by atoms with Gasteiger partial charge in [-0.2, -0.15) is 0 Å². The number of benzene rings is 1. The Balaban J connectivity index is 1.68. The van der Waals surface area contributed by atoms with Crippen molar-refractivity contribution in [2.24, 2.45) is 22.7 Å². The van der Waals surface area contributed by atoms with E-state index in [0.717, 1.165) is 12.8 Å². The second-order valence-electron chi connectivity index (χ2n) is 7.47. The number of primary sulfonamides is 1. The maximum absolute atomic E-state index is 12.8. The van der Waals surface area contributed by atoms with Gasteiger partial charge in [0.25, 0.3) is 0 Å². The highest BCUT2D eigenvalue weighted by Gasteiger charge is 2.38. The number of sulfonamides is 1. The molecule has 2 aliphatic rings. The van der Waals surface area contributed by atoms with E-state index < -0.39 is 15.9 Å². The third kappa shape index (κ3) is 4.31. The molecule has 8 nitrogen and oxygen atoms in total. The summed E-state index contributed by atoms with van der Waals surface area (Å²) in [5.74, 6) is -0.193. The first-order chi connectivity index (χ1) is 12.7. The van der Waals surface area contributed by atoms with E-state index in [0.29, 0.717) is 24.7 Å². The van der Waals surface area contributed by atoms with Gasteiger partial charge in [-0.3, -0.25) is 9.59 Å². The van der Waals surface area contributed by atoms with Gasteiger partial charge in [-0.1, -0.05) is 6.07 Å². The number of rotatable bonds is 4. The van der Waals surface area contributed by atoms with E-state index in [9.17, 15) is 18.0 Å². The standard InChI is InChI=1S/C18H26N4O4S/c1-12(19)13-5-7-21(8-6-13)18(24)14-9-17(23)22(11-14)15-3-2-4-16(10-15)27(20,25)26/h2-4,10,12-14H,5-9,11,19H2,1H3,(H2,20,25,26). The molecule has 0 saturated carbocycles. The van der Waals surface area contributed by atoms with Crippen LogP contribution in [0.15, 0.2) is 29.2 Å². The number of hydrogen-bond donors (Lipinski definition) is 2. The number of carbonyl (C=O) groups excluding carboxylic acids is 2. The van der Waals surface area contributed by atoms with Crippen LogP contribution < -0.4 is 15.8 Å². The van der Waals surface area contributed by atoms with Crippen LogP contribution in [0.4, 0.5) is 5.69 Å². The Morgan fingerprint density at radius 2 is 1.93 bits per heavy atom. The number of nitrogens with zero attached hydrogens (tertiary/aromatic N) is 2. The molecule has 2 amide bonds. The molecule has 27 heavy (non-hydrogen) atoms. The molecule has 1 aromatic rings. The van der Waals surface area contributed by atoms with Crippen LogP contribution in [-0.4, -0.2) is 50.8 Å². The van der Waals surface area contributed by atoms with Crippen molar-refractivity contribution < 1.29 is 18.0 Å². The van der Waals surface area contributed by atoms with Gasteiger partial charge in [-0.15, -0.1) is 0 Å². The van der Waals surface area contributed by atoms with Gasteiger partial charge in [0.1, 0.15) is 0 Å². The lowest BCUT2D eigenvalue weighted by Crippen LogP contribution is -2.45. The number of anilines is 1. The van der Waals surface area contributed by atoms with Crippen LogP contribution in [0.5, 0.6) is 0 Å². The minimum absolute atomic E-state index is 0.0171. The molecule has 0 aromatic heterocycles. The average molecular weight is 394 g/mol. The topological polar surface area (TPSA) is 127 Å². The van der Waals surface area contributed by atoms with Crippen LogP contribution in [0.1, 0.15) is 26.2 Å². The average Bonchev–Trinajstić information content (AvgIpc) is 3.02. The summed E-state index contributed by atoms with van der Waals surface area (Å²) in [6.07, 6.45) is 1.89. The van der Waals surface area contributed by atoms with E-state index in [1.165, 1.54) is 23.1 Å². The summed E-state index contributed by atoms with van der Waals surface area (Å²) in [5, 5.41) is 5.16. The molecule has 3 rings (SSSR count). The lowest BCUT2D eigenvalue weighted by Gasteiger charge is -2.35. The SMILES string of the molecule is CC(N)C1CCN(C(=O)C2CC(=O)N(c3cccc(S(N)(=O)=O)c3)C2)CC1. The first kappa shape index (κ1) is 19.8. The lowest BCUT2D eigenvalue weighted by molar-refractivity contribution is -0.137. The number of likely N-dealkylation sites (tertiary alicyclic amines) is 1. The molecule has 148 valence electrons. The number of piperidine rings is 1. The normalized spacial score (nSPS) is 22.9. The fourth-order valence-corrected chi connectivity index (χ4v) is 4.41. The van der Waals surface area contributed by atoms with Gasteiger partial charge in [0.05, 0.1) is 10.8 Å². The van der Waals surface area contributed by atoms with Crippen molar-refractivity contribution in [3.05, 3.63) is 24.3 Å². The molecule has 2 heterocycles. The predicted octanol–water partition coefficient (Wildman–Crippen LogP) is 0.273. The molecule has 2 unspecified atom stereocenters. The molecule has 4 N–H and O–H groups in total. The third-order valence-corrected chi connectivity index (χ3v) is 6.44. The first-order valence-corrected chi connectivity index (χ1v) is 10.7. The van der Waals surface area contributed by atoms with E-state index in [4.69, 9.17) is 10.9 Å². The molecule has 1 aromatic carbocycles. The number of carbonyl (C=O) groups is 2. The maximum atomic E-state index is 12.8. The van der Waals surface area contributed by atoms with E-state index in [1.807, 2.05) is 11.8 Å². The molecule has 0 spiro atoms. The van der Waals surface area contributed by atoms with Crippen molar-refractivity contribution in [1.82, 2.24) is 4.90 Å². The van der Waals surface area contributed by atoms with E-state index in [1.54, 1.807) is 6.07 Å². The Morgan fingerprint density at radius 1 is 1.26 bits per heavy atom. The molecule has 2 fully saturated rings. The Kier molecular flexibility index (Phi) is 5.55. The van der Waals surface area contributed by atoms with Crippen molar-refractivity contribution in [3.63, 3.8) is 0 Å². The van der Waals surface area contributed by atoms with Crippen molar-refractivity contribution in [2.75, 3.05) is 24.5 Å². The van der Waals surface area contributed by atoms with Crippen molar-refractivity contribution >= 4 is 27.5 Å². The zero-order valence-corrected chi connectivity index (χ0v) is 16.2. The molecule has 0 aliphatic carbocycles. The summed E-state index contributed by atoms with van der Waals surface area (Å²) in [6.45, 7) is 3.57. The van der Waals surface area contributed by atoms with E-state index in [2.05, 4.69) is 0 Å². The third-order valence-electron chi connectivity index (χ3n) is 5.53. The Labute approximate surface area is 159 Å². The molecule has 2 aliphatic heterocycles. The monoisotopic (exact) mass is 394 g/mol. The van der Waals surface area contributed by atoms with Gasteiger partial charge >= 0.3 is 0 Å². The summed E-state index contributed by atoms with van der Waals surface area (Å²) >= 11 is 0. The minimum atomic E-state index is -3.86. The highest BCUT2D eigenvalue weighted by molar-refractivity contribution is 7.89. The highest BCUT2D eigenvalue weighted by atomic mass is 32.2. The van der Waals surface area contributed by atoms with Crippen LogP contribution in [0, 0.1) is 11.8 Å². The largest absolute Gasteiger partial charge is 0.342 e. The first-order valence-electron chi connectivity index (χ1n) is 9.14. The van der Waals surface area contributed by atoms with Crippen LogP contribution >= 0.6 is 0 Å². The molecular weight excluding hydrogens is 368 g/mol. The van der Waals surface area contributed by atoms with Gasteiger partial charge < -0.3 is 15.5 Å². The Morgan fingerprint density at radius 3 is 2.52 bits per heavy atom. The van der Waals surface area contributed by atoms with Gasteiger partial charge in [0.2, 0.25) is 21.8 Å². The second-order valence-corrected chi connectivity index (χ2v) is 9.03. The molecule has 2 saturated heterocycles. The zero-order chi connectivity index (χ0) is 19.8. The summed E-state index contributed by atoms with van der Waals surface area (Å²) in [4.78, 5) is 28.5. The number of hydrogen-bond acceptors (Lipinski definition) is 5. The van der Waals surface area contributed by atoms with Crippen LogP contribution in [0.3, 0.4) is 0 Å². The Hall–Kier alpha value is -1.97. The minimum Gasteiger partial charge on any atom is -0.342 e. The summed E-state index contributed by atoms with van der Waals surface area (Å²) in [7, 11) is -3.86. The number of nitrogens with two attached hydrogens (primary N) is 2. The van der Waals surface area contributed by atoms with Gasteiger partial charge in [-0.05, 0) is 43.9 Å². The summed E-state index contributed by atoms with van der Waals surface area (Å²) < 4.78 is 23.1. The summed E-state index contributed by atoms with van der Waals surface area (Å²) in [6, 6.07) is 6.06. The highest BCUT2D eigenvalue weighted by Crippen LogP contribution is 2.29. The van der Waals surface area contributed by atoms with Crippen molar-refractivity contribution in [1.29, 1.82) is 0 Å². The molecular formula is C18H26N4O4S. The quantitative estimate of drug-likeness (QED) is 0.758. The predicted molar refractivity (Wildman–Crippen MR) is 101 cm³/mol. The van der Waals surface area contributed by atoms with Crippen LogP contribution in [-0.2, 0) is 19.6 Å². The summed E-state index contributed by atoms with van der Waals surface area (Å²) in [5.41, 5.74) is 6.39. The van der Waals surface area contributed by atoms with Gasteiger partial charge in [-0.25, -0.2) is 13.6 Å². The molecule has 0 bridgehead atoms. The molecule has 9 heteroatoms. The van der Waals surface area contributed by atoms with Gasteiger partial charge in [0.15, 0.2) is 0 Å². The second kappa shape index (κ2) is 7.57. The van der Waals surface area contributed by atoms with Crippen molar-refractivity contribution in [2.45, 2.75) is 37.1 Å². The van der Waals surface area contributed by atoms with Crippen LogP contribution in [0.2, 0.25) is 0 Å². The maximum Gasteiger partial charge on any atom is 0.238 e. The van der Waals surface area contributed by atoms with E-state index >= 15 is 0 Å². The molecule has 2 atom stereocenters.